The number of pyridine rings is 2. The standard InChI is InChI=1S/C17H14N4/c1-11-6-14-9-20-17(8-13(14)7-15(11)18)21-5-3-12-2-4-19-10-16(12)21/h2-10H,18H2,1H3. The zero-order chi connectivity index (χ0) is 14.4. The van der Waals surface area contributed by atoms with E-state index in [0.717, 1.165) is 38.7 Å². The number of benzene rings is 1. The van der Waals surface area contributed by atoms with Crippen LogP contribution in [0.1, 0.15) is 5.56 Å². The molecule has 4 aromatic rings. The van der Waals surface area contributed by atoms with E-state index in [1.165, 1.54) is 0 Å². The third-order valence-corrected chi connectivity index (χ3v) is 3.83. The van der Waals surface area contributed by atoms with Crippen molar-refractivity contribution in [2.75, 3.05) is 5.73 Å². The molecule has 21 heavy (non-hydrogen) atoms. The number of rotatable bonds is 1. The molecule has 4 nitrogen and oxygen atoms in total. The van der Waals surface area contributed by atoms with Crippen LogP contribution < -0.4 is 5.73 Å². The quantitative estimate of drug-likeness (QED) is 0.541. The number of anilines is 1. The first kappa shape index (κ1) is 11.9. The molecule has 0 saturated heterocycles. The van der Waals surface area contributed by atoms with Gasteiger partial charge in [-0.1, -0.05) is 0 Å². The molecule has 0 unspecified atom stereocenters. The second-order valence-electron chi connectivity index (χ2n) is 5.22. The summed E-state index contributed by atoms with van der Waals surface area (Å²) in [6, 6.07) is 10.2. The SMILES string of the molecule is Cc1cc2cnc(-n3ccc4ccncc43)cc2cc1N. The average Bonchev–Trinajstić information content (AvgIpc) is 2.92. The van der Waals surface area contributed by atoms with Crippen molar-refractivity contribution < 1.29 is 0 Å². The summed E-state index contributed by atoms with van der Waals surface area (Å²) in [6.07, 6.45) is 7.55. The van der Waals surface area contributed by atoms with Gasteiger partial charge in [-0.2, -0.15) is 0 Å². The fraction of sp³-hybridized carbons (Fsp3) is 0.0588. The van der Waals surface area contributed by atoms with Crippen LogP contribution in [0.2, 0.25) is 0 Å². The molecule has 0 aliphatic rings. The van der Waals surface area contributed by atoms with E-state index >= 15 is 0 Å². The Morgan fingerprint density at radius 1 is 1.00 bits per heavy atom. The lowest BCUT2D eigenvalue weighted by Gasteiger charge is -2.08. The lowest BCUT2D eigenvalue weighted by atomic mass is 10.1. The summed E-state index contributed by atoms with van der Waals surface area (Å²) >= 11 is 0. The van der Waals surface area contributed by atoms with E-state index < -0.39 is 0 Å². The molecule has 102 valence electrons. The van der Waals surface area contributed by atoms with Crippen LogP contribution in [0.5, 0.6) is 0 Å². The van der Waals surface area contributed by atoms with Gasteiger partial charge in [-0.15, -0.1) is 0 Å². The normalized spacial score (nSPS) is 11.3. The number of nitrogens with zero attached hydrogens (tertiary/aromatic N) is 3. The first-order chi connectivity index (χ1) is 10.2. The number of hydrogen-bond donors (Lipinski definition) is 1. The maximum Gasteiger partial charge on any atom is 0.137 e. The van der Waals surface area contributed by atoms with Gasteiger partial charge in [0.2, 0.25) is 0 Å². The summed E-state index contributed by atoms with van der Waals surface area (Å²) in [7, 11) is 0. The van der Waals surface area contributed by atoms with Crippen molar-refractivity contribution >= 4 is 27.4 Å². The first-order valence-corrected chi connectivity index (χ1v) is 6.80. The minimum absolute atomic E-state index is 0.804. The van der Waals surface area contributed by atoms with Crippen molar-refractivity contribution in [1.29, 1.82) is 0 Å². The van der Waals surface area contributed by atoms with Gasteiger partial charge in [0.05, 0.1) is 11.7 Å². The minimum atomic E-state index is 0.804. The third kappa shape index (κ3) is 1.84. The van der Waals surface area contributed by atoms with Crippen LogP contribution in [0.3, 0.4) is 0 Å². The van der Waals surface area contributed by atoms with E-state index in [9.17, 15) is 0 Å². The predicted molar refractivity (Wildman–Crippen MR) is 85.5 cm³/mol. The first-order valence-electron chi connectivity index (χ1n) is 6.80. The van der Waals surface area contributed by atoms with Gasteiger partial charge in [0.1, 0.15) is 5.82 Å². The van der Waals surface area contributed by atoms with E-state index in [4.69, 9.17) is 5.73 Å². The van der Waals surface area contributed by atoms with Crippen LogP contribution in [0, 0.1) is 6.92 Å². The predicted octanol–water partition coefficient (Wildman–Crippen LogP) is 3.46. The maximum absolute atomic E-state index is 6.01. The Bertz CT molecular complexity index is 969. The Labute approximate surface area is 121 Å². The van der Waals surface area contributed by atoms with E-state index in [0.29, 0.717) is 0 Å². The van der Waals surface area contributed by atoms with Gasteiger partial charge in [-0.05, 0) is 48.2 Å². The number of nitrogen functional groups attached to an aromatic ring is 1. The van der Waals surface area contributed by atoms with E-state index in [2.05, 4.69) is 28.2 Å². The fourth-order valence-electron chi connectivity index (χ4n) is 2.62. The summed E-state index contributed by atoms with van der Waals surface area (Å²) in [5.74, 6) is 0.869. The number of aryl methyl sites for hydroxylation is 1. The molecule has 0 spiro atoms. The van der Waals surface area contributed by atoms with E-state index in [-0.39, 0.29) is 0 Å². The van der Waals surface area contributed by atoms with Crippen LogP contribution in [-0.2, 0) is 0 Å². The Balaban J connectivity index is 1.96. The zero-order valence-electron chi connectivity index (χ0n) is 11.6. The highest BCUT2D eigenvalue weighted by atomic mass is 15.1. The van der Waals surface area contributed by atoms with Crippen LogP contribution in [0.4, 0.5) is 5.69 Å². The maximum atomic E-state index is 6.01. The van der Waals surface area contributed by atoms with Crippen molar-refractivity contribution in [3.8, 4) is 5.82 Å². The Hall–Kier alpha value is -2.88. The number of fused-ring (bicyclic) bond motifs is 2. The molecule has 4 rings (SSSR count). The molecule has 0 saturated carbocycles. The highest BCUT2D eigenvalue weighted by Crippen LogP contribution is 2.24. The summed E-state index contributed by atoms with van der Waals surface area (Å²) in [4.78, 5) is 8.76. The molecule has 0 fully saturated rings. The number of hydrogen-bond acceptors (Lipinski definition) is 3. The molecule has 1 aromatic carbocycles. The van der Waals surface area contributed by atoms with Crippen molar-refractivity contribution in [3.05, 3.63) is 60.7 Å². The molecule has 2 N–H and O–H groups in total. The van der Waals surface area contributed by atoms with Gasteiger partial charge in [0.15, 0.2) is 0 Å². The van der Waals surface area contributed by atoms with Crippen molar-refractivity contribution in [3.63, 3.8) is 0 Å². The summed E-state index contributed by atoms with van der Waals surface area (Å²) in [5, 5.41) is 3.34. The summed E-state index contributed by atoms with van der Waals surface area (Å²) in [6.45, 7) is 2.01. The second kappa shape index (κ2) is 4.31. The molecular formula is C17H14N4. The van der Waals surface area contributed by atoms with E-state index in [1.807, 2.05) is 42.2 Å². The molecule has 0 aliphatic carbocycles. The molecule has 3 heterocycles. The van der Waals surface area contributed by atoms with Crippen LogP contribution in [-0.4, -0.2) is 14.5 Å². The van der Waals surface area contributed by atoms with Gasteiger partial charge in [0.25, 0.3) is 0 Å². The van der Waals surface area contributed by atoms with Crippen molar-refractivity contribution in [2.45, 2.75) is 6.92 Å². The van der Waals surface area contributed by atoms with Crippen LogP contribution >= 0.6 is 0 Å². The van der Waals surface area contributed by atoms with Crippen molar-refractivity contribution in [1.82, 2.24) is 14.5 Å². The molecule has 0 radical (unpaired) electrons. The van der Waals surface area contributed by atoms with Crippen LogP contribution in [0.15, 0.2) is 55.1 Å². The zero-order valence-corrected chi connectivity index (χ0v) is 11.6. The molecule has 0 atom stereocenters. The van der Waals surface area contributed by atoms with Gasteiger partial charge in [-0.25, -0.2) is 4.98 Å². The average molecular weight is 274 g/mol. The van der Waals surface area contributed by atoms with Gasteiger partial charge < -0.3 is 5.73 Å². The summed E-state index contributed by atoms with van der Waals surface area (Å²) < 4.78 is 2.04. The van der Waals surface area contributed by atoms with Gasteiger partial charge in [-0.3, -0.25) is 9.55 Å². The highest BCUT2D eigenvalue weighted by Gasteiger charge is 2.06. The van der Waals surface area contributed by atoms with Crippen LogP contribution in [0.25, 0.3) is 27.5 Å². The van der Waals surface area contributed by atoms with Crippen molar-refractivity contribution in [2.24, 2.45) is 0 Å². The number of nitrogens with two attached hydrogens (primary N) is 1. The molecular weight excluding hydrogens is 260 g/mol. The Morgan fingerprint density at radius 3 is 2.81 bits per heavy atom. The molecule has 0 amide bonds. The third-order valence-electron chi connectivity index (χ3n) is 3.83. The lowest BCUT2D eigenvalue weighted by Crippen LogP contribution is -1.96. The monoisotopic (exact) mass is 274 g/mol. The van der Waals surface area contributed by atoms with E-state index in [1.54, 1.807) is 6.20 Å². The molecule has 0 bridgehead atoms. The second-order valence-corrected chi connectivity index (χ2v) is 5.22. The topological polar surface area (TPSA) is 56.7 Å². The smallest absolute Gasteiger partial charge is 0.137 e. The Morgan fingerprint density at radius 2 is 1.90 bits per heavy atom. The number of aromatic nitrogens is 3. The Kier molecular flexibility index (Phi) is 2.44. The largest absolute Gasteiger partial charge is 0.398 e. The van der Waals surface area contributed by atoms with Gasteiger partial charge in [0, 0.05) is 35.1 Å². The summed E-state index contributed by atoms with van der Waals surface area (Å²) in [5.41, 5.74) is 8.93. The highest BCUT2D eigenvalue weighted by molar-refractivity contribution is 5.88. The van der Waals surface area contributed by atoms with Gasteiger partial charge >= 0.3 is 0 Å². The molecule has 0 aliphatic heterocycles. The molecule has 3 aromatic heterocycles. The minimum Gasteiger partial charge on any atom is -0.398 e. The fourth-order valence-corrected chi connectivity index (χ4v) is 2.62. The lowest BCUT2D eigenvalue weighted by molar-refractivity contribution is 1.05. The molecule has 4 heteroatoms.